The van der Waals surface area contributed by atoms with E-state index < -0.39 is 0 Å². The van der Waals surface area contributed by atoms with E-state index in [9.17, 15) is 4.79 Å². The molecule has 0 aliphatic carbocycles. The fourth-order valence-electron chi connectivity index (χ4n) is 2.50. The van der Waals surface area contributed by atoms with Gasteiger partial charge >= 0.3 is 0 Å². The molecule has 1 aromatic heterocycles. The zero-order valence-electron chi connectivity index (χ0n) is 12.9. The molecule has 0 saturated carbocycles. The van der Waals surface area contributed by atoms with Crippen molar-refractivity contribution in [1.29, 1.82) is 0 Å². The first kappa shape index (κ1) is 14.9. The first-order chi connectivity index (χ1) is 11.2. The Bertz CT molecular complexity index is 872. The van der Waals surface area contributed by atoms with Gasteiger partial charge < -0.3 is 4.90 Å². The van der Waals surface area contributed by atoms with Crippen LogP contribution in [-0.2, 0) is 6.54 Å². The van der Waals surface area contributed by atoms with E-state index in [1.165, 1.54) is 5.56 Å². The average Bonchev–Trinajstić information content (AvgIpc) is 3.00. The Hall–Kier alpha value is -3.06. The molecule has 0 radical (unpaired) electrons. The molecule has 2 aromatic carbocycles. The number of H-pyrrole nitrogens is 1. The van der Waals surface area contributed by atoms with Gasteiger partial charge in [-0.15, -0.1) is 6.42 Å². The highest BCUT2D eigenvalue weighted by atomic mass is 16.2. The predicted octanol–water partition coefficient (Wildman–Crippen LogP) is 3.15. The predicted molar refractivity (Wildman–Crippen MR) is 90.8 cm³/mol. The lowest BCUT2D eigenvalue weighted by atomic mass is 10.1. The number of para-hydroxylation sites is 1. The van der Waals surface area contributed by atoms with Crippen LogP contribution < -0.4 is 0 Å². The van der Waals surface area contributed by atoms with E-state index in [-0.39, 0.29) is 12.5 Å². The summed E-state index contributed by atoms with van der Waals surface area (Å²) in [6.07, 6.45) is 5.44. The van der Waals surface area contributed by atoms with Crippen LogP contribution in [0.3, 0.4) is 0 Å². The van der Waals surface area contributed by atoms with Gasteiger partial charge in [0.1, 0.15) is 0 Å². The molecule has 1 N–H and O–H groups in total. The van der Waals surface area contributed by atoms with Gasteiger partial charge in [0.25, 0.3) is 5.91 Å². The maximum absolute atomic E-state index is 12.8. The van der Waals surface area contributed by atoms with Gasteiger partial charge in [-0.05, 0) is 18.6 Å². The van der Waals surface area contributed by atoms with Crippen molar-refractivity contribution in [3.8, 4) is 12.3 Å². The number of rotatable bonds is 4. The minimum absolute atomic E-state index is 0.166. The topological polar surface area (TPSA) is 49.0 Å². The SMILES string of the molecule is C#CCN(Cc1ccc(C)cc1)C(=O)c1n[nH]c2ccccc12. The van der Waals surface area contributed by atoms with Crippen LogP contribution in [0.25, 0.3) is 10.9 Å². The molecule has 0 fully saturated rings. The van der Waals surface area contributed by atoms with Gasteiger partial charge in [0, 0.05) is 11.9 Å². The maximum atomic E-state index is 12.8. The summed E-state index contributed by atoms with van der Waals surface area (Å²) in [7, 11) is 0. The molecule has 1 amide bonds. The van der Waals surface area contributed by atoms with Crippen LogP contribution in [0.15, 0.2) is 48.5 Å². The van der Waals surface area contributed by atoms with E-state index in [0.717, 1.165) is 16.5 Å². The minimum Gasteiger partial charge on any atom is -0.322 e. The standard InChI is InChI=1S/C19H17N3O/c1-3-12-22(13-15-10-8-14(2)9-11-15)19(23)18-16-6-4-5-7-17(16)20-21-18/h1,4-11H,12-13H2,2H3,(H,20,21). The van der Waals surface area contributed by atoms with E-state index >= 15 is 0 Å². The zero-order chi connectivity index (χ0) is 16.2. The lowest BCUT2D eigenvalue weighted by Crippen LogP contribution is -2.31. The molecular formula is C19H17N3O. The number of amides is 1. The molecule has 0 aliphatic heterocycles. The normalized spacial score (nSPS) is 10.4. The van der Waals surface area contributed by atoms with E-state index in [4.69, 9.17) is 6.42 Å². The molecule has 0 spiro atoms. The van der Waals surface area contributed by atoms with Gasteiger partial charge in [-0.25, -0.2) is 0 Å². The van der Waals surface area contributed by atoms with Gasteiger partial charge in [-0.2, -0.15) is 5.10 Å². The van der Waals surface area contributed by atoms with E-state index in [2.05, 4.69) is 16.1 Å². The zero-order valence-corrected chi connectivity index (χ0v) is 12.9. The largest absolute Gasteiger partial charge is 0.322 e. The monoisotopic (exact) mass is 303 g/mol. The Morgan fingerprint density at radius 1 is 1.22 bits per heavy atom. The van der Waals surface area contributed by atoms with Crippen molar-refractivity contribution in [3.63, 3.8) is 0 Å². The highest BCUT2D eigenvalue weighted by Crippen LogP contribution is 2.18. The number of terminal acetylenes is 1. The molecule has 114 valence electrons. The second-order valence-electron chi connectivity index (χ2n) is 5.47. The van der Waals surface area contributed by atoms with Gasteiger partial charge in [0.2, 0.25) is 0 Å². The summed E-state index contributed by atoms with van der Waals surface area (Å²) < 4.78 is 0. The summed E-state index contributed by atoms with van der Waals surface area (Å²) in [5.74, 6) is 2.39. The van der Waals surface area contributed by atoms with Crippen molar-refractivity contribution >= 4 is 16.8 Å². The summed E-state index contributed by atoms with van der Waals surface area (Å²) >= 11 is 0. The maximum Gasteiger partial charge on any atom is 0.276 e. The number of benzene rings is 2. The van der Waals surface area contributed by atoms with Crippen LogP contribution in [0.2, 0.25) is 0 Å². The third kappa shape index (κ3) is 3.09. The Morgan fingerprint density at radius 3 is 2.70 bits per heavy atom. The molecule has 0 atom stereocenters. The molecule has 3 rings (SSSR count). The highest BCUT2D eigenvalue weighted by molar-refractivity contribution is 6.04. The molecule has 0 saturated heterocycles. The Balaban J connectivity index is 1.89. The molecule has 4 heteroatoms. The average molecular weight is 303 g/mol. The quantitative estimate of drug-likeness (QED) is 0.753. The van der Waals surface area contributed by atoms with E-state index in [1.54, 1.807) is 4.90 Å². The fourth-order valence-corrected chi connectivity index (χ4v) is 2.50. The summed E-state index contributed by atoms with van der Waals surface area (Å²) in [6, 6.07) is 15.6. The number of nitrogens with zero attached hydrogens (tertiary/aromatic N) is 2. The van der Waals surface area contributed by atoms with Gasteiger partial charge in [-0.3, -0.25) is 9.89 Å². The van der Waals surface area contributed by atoms with E-state index in [0.29, 0.717) is 12.2 Å². The van der Waals surface area contributed by atoms with Crippen LogP contribution >= 0.6 is 0 Å². The smallest absolute Gasteiger partial charge is 0.276 e. The number of hydrogen-bond donors (Lipinski definition) is 1. The minimum atomic E-state index is -0.166. The third-order valence-electron chi connectivity index (χ3n) is 3.74. The summed E-state index contributed by atoms with van der Waals surface area (Å²) in [5, 5.41) is 7.87. The van der Waals surface area contributed by atoms with Gasteiger partial charge in [0.05, 0.1) is 12.1 Å². The first-order valence-corrected chi connectivity index (χ1v) is 7.40. The van der Waals surface area contributed by atoms with Crippen molar-refractivity contribution in [1.82, 2.24) is 15.1 Å². The Labute approximate surface area is 135 Å². The van der Waals surface area contributed by atoms with Crippen molar-refractivity contribution < 1.29 is 4.79 Å². The van der Waals surface area contributed by atoms with Gasteiger partial charge in [-0.1, -0.05) is 53.9 Å². The second-order valence-corrected chi connectivity index (χ2v) is 5.47. The van der Waals surface area contributed by atoms with Crippen LogP contribution in [0.5, 0.6) is 0 Å². The van der Waals surface area contributed by atoms with Gasteiger partial charge in [0.15, 0.2) is 5.69 Å². The van der Waals surface area contributed by atoms with Crippen molar-refractivity contribution in [2.75, 3.05) is 6.54 Å². The Morgan fingerprint density at radius 2 is 1.96 bits per heavy atom. The molecule has 0 unspecified atom stereocenters. The number of carbonyl (C=O) groups excluding carboxylic acids is 1. The molecule has 1 heterocycles. The Kier molecular flexibility index (Phi) is 4.11. The van der Waals surface area contributed by atoms with Crippen molar-refractivity contribution in [3.05, 3.63) is 65.4 Å². The molecule has 4 nitrogen and oxygen atoms in total. The van der Waals surface area contributed by atoms with Crippen molar-refractivity contribution in [2.45, 2.75) is 13.5 Å². The number of hydrogen-bond acceptors (Lipinski definition) is 2. The fraction of sp³-hybridized carbons (Fsp3) is 0.158. The summed E-state index contributed by atoms with van der Waals surface area (Å²) in [6.45, 7) is 2.74. The van der Waals surface area contributed by atoms with Crippen molar-refractivity contribution in [2.24, 2.45) is 0 Å². The highest BCUT2D eigenvalue weighted by Gasteiger charge is 2.20. The number of carbonyl (C=O) groups is 1. The number of nitrogens with one attached hydrogen (secondary N) is 1. The summed E-state index contributed by atoms with van der Waals surface area (Å²) in [4.78, 5) is 14.5. The molecular weight excluding hydrogens is 286 g/mol. The first-order valence-electron chi connectivity index (χ1n) is 7.40. The van der Waals surface area contributed by atoms with Crippen LogP contribution in [-0.4, -0.2) is 27.5 Å². The van der Waals surface area contributed by atoms with E-state index in [1.807, 2.05) is 55.5 Å². The molecule has 23 heavy (non-hydrogen) atoms. The number of aromatic amines is 1. The van der Waals surface area contributed by atoms with Crippen LogP contribution in [0.1, 0.15) is 21.6 Å². The lowest BCUT2D eigenvalue weighted by molar-refractivity contribution is 0.0762. The summed E-state index contributed by atoms with van der Waals surface area (Å²) in [5.41, 5.74) is 3.47. The number of aromatic nitrogens is 2. The number of fused-ring (bicyclic) bond motifs is 1. The second kappa shape index (κ2) is 6.37. The van der Waals surface area contributed by atoms with Crippen LogP contribution in [0, 0.1) is 19.3 Å². The molecule has 3 aromatic rings. The van der Waals surface area contributed by atoms with Crippen LogP contribution in [0.4, 0.5) is 0 Å². The molecule has 0 bridgehead atoms. The molecule has 0 aliphatic rings. The number of aryl methyl sites for hydroxylation is 1. The third-order valence-corrected chi connectivity index (χ3v) is 3.74. The lowest BCUT2D eigenvalue weighted by Gasteiger charge is -2.19.